The fourth-order valence-electron chi connectivity index (χ4n) is 2.42. The van der Waals surface area contributed by atoms with Crippen LogP contribution < -0.4 is 10.1 Å². The molecule has 0 aromatic heterocycles. The van der Waals surface area contributed by atoms with Crippen molar-refractivity contribution in [1.82, 2.24) is 5.32 Å². The van der Waals surface area contributed by atoms with Crippen LogP contribution in [0.3, 0.4) is 0 Å². The Morgan fingerprint density at radius 3 is 2.69 bits per heavy atom. The van der Waals surface area contributed by atoms with Gasteiger partial charge in [-0.2, -0.15) is 0 Å². The van der Waals surface area contributed by atoms with Crippen molar-refractivity contribution in [2.75, 3.05) is 6.61 Å². The number of hydrogen-bond donors (Lipinski definition) is 1. The van der Waals surface area contributed by atoms with Gasteiger partial charge >= 0.3 is 0 Å². The molecule has 1 aliphatic heterocycles. The molecule has 4 nitrogen and oxygen atoms in total. The van der Waals surface area contributed by atoms with Crippen molar-refractivity contribution in [2.45, 2.75) is 20.8 Å². The van der Waals surface area contributed by atoms with Crippen molar-refractivity contribution >= 4 is 57.2 Å². The number of carbonyl (C=O) groups is 1. The van der Waals surface area contributed by atoms with Crippen LogP contribution in [-0.4, -0.2) is 17.7 Å². The number of halogens is 1. The number of hydrogen-bond acceptors (Lipinski definition) is 4. The molecule has 26 heavy (non-hydrogen) atoms. The first-order chi connectivity index (χ1) is 12.5. The molecule has 0 aliphatic carbocycles. The molecule has 6 heteroatoms. The van der Waals surface area contributed by atoms with Gasteiger partial charge in [-0.05, 0) is 102 Å². The maximum atomic E-state index is 12.2. The first-order valence-corrected chi connectivity index (χ1v) is 10.1. The summed E-state index contributed by atoms with van der Waals surface area (Å²) in [6.07, 6.45) is 1.88. The van der Waals surface area contributed by atoms with Crippen LogP contribution in [0, 0.1) is 17.4 Å². The van der Waals surface area contributed by atoms with Gasteiger partial charge in [0.25, 0.3) is 5.91 Å². The molecule has 1 aliphatic rings. The number of aryl methyl sites for hydroxylation is 2. The summed E-state index contributed by atoms with van der Waals surface area (Å²) in [5.41, 5.74) is 4.21. The zero-order valence-corrected chi connectivity index (χ0v) is 17.8. The molecule has 0 unspecified atom stereocenters. The lowest BCUT2D eigenvalue weighted by atomic mass is 10.1. The smallest absolute Gasteiger partial charge is 0.264 e. The Balaban J connectivity index is 1.81. The van der Waals surface area contributed by atoms with Gasteiger partial charge in [-0.3, -0.25) is 4.79 Å². The monoisotopic (exact) mass is 478 g/mol. The molecule has 1 fully saturated rings. The van der Waals surface area contributed by atoms with Gasteiger partial charge in [0.05, 0.1) is 20.8 Å². The molecule has 0 bridgehead atoms. The number of amides is 1. The van der Waals surface area contributed by atoms with Gasteiger partial charge in [0.1, 0.15) is 5.75 Å². The molecule has 0 spiro atoms. The van der Waals surface area contributed by atoms with E-state index in [2.05, 4.69) is 46.7 Å². The lowest BCUT2D eigenvalue weighted by Gasteiger charge is -2.06. The zero-order valence-electron chi connectivity index (χ0n) is 14.8. The number of rotatable bonds is 4. The number of benzene rings is 2. The topological polar surface area (TPSA) is 50.7 Å². The van der Waals surface area contributed by atoms with E-state index < -0.39 is 0 Å². The number of thioether (sulfide) groups is 1. The quantitative estimate of drug-likeness (QED) is 0.486. The highest BCUT2D eigenvalue weighted by Crippen LogP contribution is 2.30. The first kappa shape index (κ1) is 19.0. The van der Waals surface area contributed by atoms with Crippen molar-refractivity contribution in [3.63, 3.8) is 0 Å². The third-order valence-electron chi connectivity index (χ3n) is 3.93. The second-order valence-electron chi connectivity index (χ2n) is 5.87. The number of ether oxygens (including phenoxy) is 1. The molecular formula is C20H19IN2O2S. The van der Waals surface area contributed by atoms with E-state index in [0.29, 0.717) is 16.7 Å². The molecule has 1 N–H and O–H groups in total. The summed E-state index contributed by atoms with van der Waals surface area (Å²) in [5, 5.41) is 3.43. The predicted octanol–water partition coefficient (Wildman–Crippen LogP) is 5.20. The van der Waals surface area contributed by atoms with E-state index in [1.165, 1.54) is 22.9 Å². The highest BCUT2D eigenvalue weighted by atomic mass is 127. The summed E-state index contributed by atoms with van der Waals surface area (Å²) >= 11 is 3.60. The van der Waals surface area contributed by atoms with Gasteiger partial charge in [-0.1, -0.05) is 12.1 Å². The lowest BCUT2D eigenvalue weighted by molar-refractivity contribution is -0.115. The molecule has 134 valence electrons. The Morgan fingerprint density at radius 2 is 2.00 bits per heavy atom. The number of carbonyl (C=O) groups excluding carboxylic acids is 1. The predicted molar refractivity (Wildman–Crippen MR) is 117 cm³/mol. The third-order valence-corrected chi connectivity index (χ3v) is 5.68. The van der Waals surface area contributed by atoms with Crippen molar-refractivity contribution in [2.24, 2.45) is 4.99 Å². The minimum atomic E-state index is -0.124. The number of nitrogens with zero attached hydrogens (tertiary/aromatic N) is 1. The fourth-order valence-corrected chi connectivity index (χ4v) is 3.96. The van der Waals surface area contributed by atoms with E-state index in [9.17, 15) is 4.79 Å². The van der Waals surface area contributed by atoms with Gasteiger partial charge in [0.2, 0.25) is 0 Å². The lowest BCUT2D eigenvalue weighted by Crippen LogP contribution is -2.19. The summed E-state index contributed by atoms with van der Waals surface area (Å²) in [5.74, 6) is 0.734. The molecule has 0 radical (unpaired) electrons. The zero-order chi connectivity index (χ0) is 18.7. The minimum Gasteiger partial charge on any atom is -0.493 e. The highest BCUT2D eigenvalue weighted by molar-refractivity contribution is 14.1. The molecule has 0 atom stereocenters. The van der Waals surface area contributed by atoms with Crippen LogP contribution in [0.25, 0.3) is 6.08 Å². The Morgan fingerprint density at radius 1 is 1.19 bits per heavy atom. The highest BCUT2D eigenvalue weighted by Gasteiger charge is 2.23. The van der Waals surface area contributed by atoms with Crippen molar-refractivity contribution < 1.29 is 9.53 Å². The Bertz CT molecular complexity index is 922. The summed E-state index contributed by atoms with van der Waals surface area (Å²) in [7, 11) is 0. The molecular weight excluding hydrogens is 459 g/mol. The second-order valence-corrected chi connectivity index (χ2v) is 8.07. The fraction of sp³-hybridized carbons (Fsp3) is 0.200. The van der Waals surface area contributed by atoms with Gasteiger partial charge in [-0.25, -0.2) is 4.99 Å². The maximum absolute atomic E-state index is 12.2. The van der Waals surface area contributed by atoms with Crippen molar-refractivity contribution in [3.8, 4) is 5.75 Å². The summed E-state index contributed by atoms with van der Waals surface area (Å²) in [4.78, 5) is 17.4. The molecule has 1 saturated heterocycles. The molecule has 1 amide bonds. The van der Waals surface area contributed by atoms with E-state index in [1.807, 2.05) is 49.4 Å². The van der Waals surface area contributed by atoms with Crippen molar-refractivity contribution in [1.29, 1.82) is 0 Å². The number of aliphatic imine (C=N–C) groups is 1. The third kappa shape index (κ3) is 4.48. The van der Waals surface area contributed by atoms with Gasteiger partial charge in [-0.15, -0.1) is 0 Å². The van der Waals surface area contributed by atoms with Crippen molar-refractivity contribution in [3.05, 3.63) is 61.6 Å². The first-order valence-electron chi connectivity index (χ1n) is 8.25. The number of nitrogens with one attached hydrogen (secondary N) is 1. The second kappa shape index (κ2) is 8.26. The Hall–Kier alpha value is -1.80. The molecule has 1 heterocycles. The molecule has 0 saturated carbocycles. The van der Waals surface area contributed by atoms with Gasteiger partial charge < -0.3 is 10.1 Å². The minimum absolute atomic E-state index is 0.124. The van der Waals surface area contributed by atoms with Crippen LogP contribution in [0.5, 0.6) is 5.75 Å². The van der Waals surface area contributed by atoms with E-state index >= 15 is 0 Å². The van der Waals surface area contributed by atoms with Crippen LogP contribution in [0.15, 0.2) is 46.3 Å². The molecule has 2 aromatic carbocycles. The SMILES string of the molecule is CCOc1ccc(/C=C2/SC(=Nc3ccc(C)c(C)c3)NC2=O)cc1I. The van der Waals surface area contributed by atoms with Gasteiger partial charge in [0.15, 0.2) is 5.17 Å². The summed E-state index contributed by atoms with van der Waals surface area (Å²) in [6, 6.07) is 11.9. The summed E-state index contributed by atoms with van der Waals surface area (Å²) < 4.78 is 6.57. The van der Waals surface area contributed by atoms with Gasteiger partial charge in [0, 0.05) is 0 Å². The maximum Gasteiger partial charge on any atom is 0.264 e. The average Bonchev–Trinajstić information content (AvgIpc) is 2.93. The van der Waals surface area contributed by atoms with Crippen LogP contribution in [-0.2, 0) is 4.79 Å². The normalized spacial score (nSPS) is 17.0. The van der Waals surface area contributed by atoms with E-state index in [-0.39, 0.29) is 5.91 Å². The van der Waals surface area contributed by atoms with E-state index in [0.717, 1.165) is 20.6 Å². The average molecular weight is 478 g/mol. The molecule has 3 rings (SSSR count). The largest absolute Gasteiger partial charge is 0.493 e. The molecule has 2 aromatic rings. The Kier molecular flexibility index (Phi) is 6.03. The number of amidine groups is 1. The van der Waals surface area contributed by atoms with Crippen LogP contribution in [0.1, 0.15) is 23.6 Å². The van der Waals surface area contributed by atoms with E-state index in [4.69, 9.17) is 4.74 Å². The Labute approximate surface area is 171 Å². The van der Waals surface area contributed by atoms with Crippen LogP contribution >= 0.6 is 34.4 Å². The van der Waals surface area contributed by atoms with Crippen LogP contribution in [0.4, 0.5) is 5.69 Å². The standard InChI is InChI=1S/C20H19IN2O2S/c1-4-25-17-8-6-14(10-16(17)21)11-18-19(24)23-20(26-18)22-15-7-5-12(2)13(3)9-15/h5-11H,4H2,1-3H3,(H,22,23,24)/b18-11+. The van der Waals surface area contributed by atoms with E-state index in [1.54, 1.807) is 0 Å². The van der Waals surface area contributed by atoms with Crippen LogP contribution in [0.2, 0.25) is 0 Å². The summed E-state index contributed by atoms with van der Waals surface area (Å²) in [6.45, 7) is 6.71.